The van der Waals surface area contributed by atoms with E-state index in [0.717, 1.165) is 23.5 Å². The van der Waals surface area contributed by atoms with E-state index in [4.69, 9.17) is 4.74 Å². The number of nitrogens with zero attached hydrogens (tertiary/aromatic N) is 4. The molecule has 2 heterocycles. The topological polar surface area (TPSA) is 111 Å². The molecule has 0 bridgehead atoms. The number of thioether (sulfide) groups is 1. The summed E-state index contributed by atoms with van der Waals surface area (Å²) in [5.74, 6) is 1.20. The van der Waals surface area contributed by atoms with Gasteiger partial charge in [-0.15, -0.1) is 0 Å². The Bertz CT molecular complexity index is 1100. The second kappa shape index (κ2) is 10.9. The van der Waals surface area contributed by atoms with E-state index in [9.17, 15) is 9.59 Å². The second-order valence-corrected chi connectivity index (χ2v) is 8.69. The molecule has 1 aromatic carbocycles. The molecule has 0 aliphatic carbocycles. The Morgan fingerprint density at radius 3 is 2.62 bits per heavy atom. The summed E-state index contributed by atoms with van der Waals surface area (Å²) in [4.78, 5) is 33.8. The van der Waals surface area contributed by atoms with Crippen molar-refractivity contribution in [3.05, 3.63) is 41.6 Å². The monoisotopic (exact) mass is 456 g/mol. The SMILES string of the molecule is CCSc1nc(NCC(C)C)c2cnn(CCNC(=O)c3ccccc3C(=O)OC)c2n1. The van der Waals surface area contributed by atoms with Crippen molar-refractivity contribution in [3.8, 4) is 0 Å². The van der Waals surface area contributed by atoms with Crippen molar-refractivity contribution in [2.45, 2.75) is 32.5 Å². The minimum Gasteiger partial charge on any atom is -0.465 e. The van der Waals surface area contributed by atoms with Crippen LogP contribution in [0.2, 0.25) is 0 Å². The van der Waals surface area contributed by atoms with Crippen molar-refractivity contribution in [2.24, 2.45) is 5.92 Å². The Kier molecular flexibility index (Phi) is 8.04. The van der Waals surface area contributed by atoms with Crippen LogP contribution < -0.4 is 10.6 Å². The van der Waals surface area contributed by atoms with Gasteiger partial charge in [0.25, 0.3) is 5.91 Å². The zero-order chi connectivity index (χ0) is 23.1. The number of esters is 1. The fourth-order valence-corrected chi connectivity index (χ4v) is 3.63. The number of fused-ring (bicyclic) bond motifs is 1. The zero-order valence-corrected chi connectivity index (χ0v) is 19.5. The molecule has 0 unspecified atom stereocenters. The lowest BCUT2D eigenvalue weighted by Gasteiger charge is -2.11. The fraction of sp³-hybridized carbons (Fsp3) is 0.409. The minimum atomic E-state index is -0.548. The highest BCUT2D eigenvalue weighted by Crippen LogP contribution is 2.24. The first-order valence-electron chi connectivity index (χ1n) is 10.5. The first-order chi connectivity index (χ1) is 15.4. The van der Waals surface area contributed by atoms with Crippen molar-refractivity contribution in [1.29, 1.82) is 0 Å². The van der Waals surface area contributed by atoms with Crippen LogP contribution in [0.3, 0.4) is 0 Å². The molecular formula is C22H28N6O3S. The number of anilines is 1. The van der Waals surface area contributed by atoms with Crippen LogP contribution in [0.25, 0.3) is 11.0 Å². The number of aromatic nitrogens is 4. The zero-order valence-electron chi connectivity index (χ0n) is 18.7. The van der Waals surface area contributed by atoms with E-state index in [-0.39, 0.29) is 17.0 Å². The number of hydrogen-bond donors (Lipinski definition) is 2. The van der Waals surface area contributed by atoms with Gasteiger partial charge < -0.3 is 15.4 Å². The van der Waals surface area contributed by atoms with Gasteiger partial charge >= 0.3 is 5.97 Å². The first kappa shape index (κ1) is 23.5. The number of amides is 1. The summed E-state index contributed by atoms with van der Waals surface area (Å²) >= 11 is 1.57. The first-order valence-corrected chi connectivity index (χ1v) is 11.5. The molecule has 32 heavy (non-hydrogen) atoms. The van der Waals surface area contributed by atoms with Crippen LogP contribution in [0, 0.1) is 5.92 Å². The van der Waals surface area contributed by atoms with Gasteiger partial charge in [-0.25, -0.2) is 19.4 Å². The van der Waals surface area contributed by atoms with E-state index in [0.29, 0.717) is 29.8 Å². The lowest BCUT2D eigenvalue weighted by Crippen LogP contribution is -2.29. The van der Waals surface area contributed by atoms with Gasteiger partial charge in [0.2, 0.25) is 0 Å². The molecule has 3 aromatic rings. The van der Waals surface area contributed by atoms with Gasteiger partial charge in [-0.05, 0) is 23.8 Å². The van der Waals surface area contributed by atoms with Crippen LogP contribution in [-0.4, -0.2) is 57.6 Å². The molecule has 0 aliphatic rings. The number of carbonyl (C=O) groups excluding carboxylic acids is 2. The quantitative estimate of drug-likeness (QED) is 0.272. The van der Waals surface area contributed by atoms with Crippen LogP contribution in [0.1, 0.15) is 41.5 Å². The van der Waals surface area contributed by atoms with Crippen LogP contribution >= 0.6 is 11.8 Å². The summed E-state index contributed by atoms with van der Waals surface area (Å²) < 4.78 is 6.51. The predicted molar refractivity (Wildman–Crippen MR) is 125 cm³/mol. The molecule has 9 nitrogen and oxygen atoms in total. The fourth-order valence-electron chi connectivity index (χ4n) is 3.07. The van der Waals surface area contributed by atoms with Crippen molar-refractivity contribution in [3.63, 3.8) is 0 Å². The Hall–Kier alpha value is -3.14. The lowest BCUT2D eigenvalue weighted by atomic mass is 10.1. The summed E-state index contributed by atoms with van der Waals surface area (Å²) in [6, 6.07) is 6.56. The highest BCUT2D eigenvalue weighted by atomic mass is 32.2. The van der Waals surface area contributed by atoms with Crippen molar-refractivity contribution >= 4 is 40.5 Å². The summed E-state index contributed by atoms with van der Waals surface area (Å²) in [5.41, 5.74) is 1.21. The van der Waals surface area contributed by atoms with Crippen LogP contribution in [0.4, 0.5) is 5.82 Å². The second-order valence-electron chi connectivity index (χ2n) is 7.46. The highest BCUT2D eigenvalue weighted by molar-refractivity contribution is 7.99. The van der Waals surface area contributed by atoms with E-state index in [2.05, 4.69) is 46.5 Å². The molecule has 3 rings (SSSR count). The maximum atomic E-state index is 12.6. The predicted octanol–water partition coefficient (Wildman–Crippen LogP) is 3.22. The molecule has 0 radical (unpaired) electrons. The molecule has 10 heteroatoms. The van der Waals surface area contributed by atoms with Crippen LogP contribution in [0.5, 0.6) is 0 Å². The molecule has 0 spiro atoms. The molecule has 2 aromatic heterocycles. The Morgan fingerprint density at radius 1 is 1.19 bits per heavy atom. The van der Waals surface area contributed by atoms with Crippen LogP contribution in [0.15, 0.2) is 35.6 Å². The number of hydrogen-bond acceptors (Lipinski definition) is 8. The molecule has 170 valence electrons. The summed E-state index contributed by atoms with van der Waals surface area (Å²) in [7, 11) is 1.29. The standard InChI is InChI=1S/C22H28N6O3S/c1-5-32-22-26-18(24-12-14(2)3)17-13-25-28(19(17)27-22)11-10-23-20(29)15-8-6-7-9-16(15)21(30)31-4/h6-9,13-14H,5,10-12H2,1-4H3,(H,23,29)(H,24,26,27). The van der Waals surface area contributed by atoms with Crippen LogP contribution in [-0.2, 0) is 11.3 Å². The molecule has 0 fully saturated rings. The average molecular weight is 457 g/mol. The van der Waals surface area contributed by atoms with Gasteiger partial charge in [-0.2, -0.15) is 5.10 Å². The maximum absolute atomic E-state index is 12.6. The number of benzene rings is 1. The third-order valence-corrected chi connectivity index (χ3v) is 5.34. The average Bonchev–Trinajstić information content (AvgIpc) is 3.20. The molecule has 0 saturated carbocycles. The largest absolute Gasteiger partial charge is 0.465 e. The smallest absolute Gasteiger partial charge is 0.338 e. The summed E-state index contributed by atoms with van der Waals surface area (Å²) in [6.07, 6.45) is 1.74. The van der Waals surface area contributed by atoms with Crippen molar-refractivity contribution < 1.29 is 14.3 Å². The number of nitrogens with one attached hydrogen (secondary N) is 2. The third-order valence-electron chi connectivity index (χ3n) is 4.61. The van der Waals surface area contributed by atoms with Gasteiger partial charge in [0.15, 0.2) is 10.8 Å². The maximum Gasteiger partial charge on any atom is 0.338 e. The third kappa shape index (κ3) is 5.56. The molecule has 0 aliphatic heterocycles. The summed E-state index contributed by atoms with van der Waals surface area (Å²) in [5, 5.41) is 12.2. The lowest BCUT2D eigenvalue weighted by molar-refractivity contribution is 0.0596. The van der Waals surface area contributed by atoms with Gasteiger partial charge in [0.05, 0.1) is 36.4 Å². The van der Waals surface area contributed by atoms with Gasteiger partial charge in [0, 0.05) is 13.1 Å². The number of rotatable bonds is 10. The highest BCUT2D eigenvalue weighted by Gasteiger charge is 2.17. The molecule has 2 N–H and O–H groups in total. The number of carbonyl (C=O) groups is 2. The Balaban J connectivity index is 1.75. The Labute approximate surface area is 191 Å². The molecular weight excluding hydrogens is 428 g/mol. The Morgan fingerprint density at radius 2 is 1.94 bits per heavy atom. The number of methoxy groups -OCH3 is 1. The van der Waals surface area contributed by atoms with E-state index < -0.39 is 5.97 Å². The normalized spacial score (nSPS) is 11.0. The van der Waals surface area contributed by atoms with E-state index in [1.807, 2.05) is 0 Å². The molecule has 1 amide bonds. The van der Waals surface area contributed by atoms with E-state index >= 15 is 0 Å². The molecule has 0 atom stereocenters. The molecule has 0 saturated heterocycles. The van der Waals surface area contributed by atoms with Gasteiger partial charge in [-0.1, -0.05) is 44.7 Å². The van der Waals surface area contributed by atoms with Crippen molar-refractivity contribution in [2.75, 3.05) is 31.3 Å². The van der Waals surface area contributed by atoms with Crippen molar-refractivity contribution in [1.82, 2.24) is 25.1 Å². The minimum absolute atomic E-state index is 0.229. The summed E-state index contributed by atoms with van der Waals surface area (Å²) in [6.45, 7) is 7.86. The van der Waals surface area contributed by atoms with Gasteiger partial charge in [0.1, 0.15) is 5.82 Å². The van der Waals surface area contributed by atoms with E-state index in [1.165, 1.54) is 7.11 Å². The van der Waals surface area contributed by atoms with E-state index in [1.54, 1.807) is 46.9 Å². The number of ether oxygens (including phenoxy) is 1. The van der Waals surface area contributed by atoms with Gasteiger partial charge in [-0.3, -0.25) is 4.79 Å².